The zero-order valence-electron chi connectivity index (χ0n) is 11.3. The Morgan fingerprint density at radius 1 is 1.16 bits per heavy atom. The highest BCUT2D eigenvalue weighted by Gasteiger charge is 2.24. The Labute approximate surface area is 120 Å². The van der Waals surface area contributed by atoms with Gasteiger partial charge in [0.1, 0.15) is 5.75 Å². The first-order valence-corrected chi connectivity index (χ1v) is 7.89. The molecule has 0 radical (unpaired) electrons. The minimum absolute atomic E-state index is 0.344. The number of hydrogen-bond donors (Lipinski definition) is 2. The molecular weight excluding hydrogens is 258 g/mol. The SMILES string of the molecule is Oc1c(C2CCCNC2)cc2c(c1Cl)CCCCC2. The number of rotatable bonds is 1. The molecule has 0 amide bonds. The van der Waals surface area contributed by atoms with Gasteiger partial charge in [-0.25, -0.2) is 0 Å². The standard InChI is InChI=1S/C16H22ClNO/c17-15-13-7-3-1-2-5-11(13)9-14(16(15)19)12-6-4-8-18-10-12/h9,12,18-19H,1-8,10H2. The molecular formula is C16H22ClNO. The van der Waals surface area contributed by atoms with Crippen LogP contribution in [-0.4, -0.2) is 18.2 Å². The molecule has 0 aromatic heterocycles. The highest BCUT2D eigenvalue weighted by Crippen LogP contribution is 2.41. The number of hydrogen-bond acceptors (Lipinski definition) is 2. The average molecular weight is 280 g/mol. The summed E-state index contributed by atoms with van der Waals surface area (Å²) in [5.74, 6) is 0.760. The van der Waals surface area contributed by atoms with Gasteiger partial charge >= 0.3 is 0 Å². The Bertz CT molecular complexity index is 466. The van der Waals surface area contributed by atoms with E-state index in [1.807, 2.05) is 0 Å². The summed E-state index contributed by atoms with van der Waals surface area (Å²) in [7, 11) is 0. The quantitative estimate of drug-likeness (QED) is 0.767. The molecule has 3 heteroatoms. The van der Waals surface area contributed by atoms with Crippen molar-refractivity contribution in [1.29, 1.82) is 0 Å². The maximum Gasteiger partial charge on any atom is 0.137 e. The first-order chi connectivity index (χ1) is 9.27. The van der Waals surface area contributed by atoms with Crippen molar-refractivity contribution in [3.8, 4) is 5.75 Å². The van der Waals surface area contributed by atoms with E-state index in [1.54, 1.807) is 0 Å². The zero-order chi connectivity index (χ0) is 13.2. The van der Waals surface area contributed by atoms with E-state index in [4.69, 9.17) is 11.6 Å². The maximum absolute atomic E-state index is 10.4. The van der Waals surface area contributed by atoms with E-state index in [0.29, 0.717) is 16.7 Å². The van der Waals surface area contributed by atoms with E-state index in [1.165, 1.54) is 36.8 Å². The summed E-state index contributed by atoms with van der Waals surface area (Å²) in [4.78, 5) is 0. The minimum Gasteiger partial charge on any atom is -0.506 e. The van der Waals surface area contributed by atoms with Crippen LogP contribution in [0.1, 0.15) is 54.7 Å². The predicted octanol–water partition coefficient (Wildman–Crippen LogP) is 3.78. The Hall–Kier alpha value is -0.730. The second-order valence-electron chi connectivity index (χ2n) is 5.87. The molecule has 1 fully saturated rings. The van der Waals surface area contributed by atoms with Crippen molar-refractivity contribution in [2.45, 2.75) is 50.9 Å². The lowest BCUT2D eigenvalue weighted by atomic mass is 9.87. The summed E-state index contributed by atoms with van der Waals surface area (Å²) < 4.78 is 0. The number of halogens is 1. The highest BCUT2D eigenvalue weighted by atomic mass is 35.5. The van der Waals surface area contributed by atoms with Crippen molar-refractivity contribution in [2.24, 2.45) is 0 Å². The number of aromatic hydroxyl groups is 1. The number of phenolic OH excluding ortho intramolecular Hbond substituents is 1. The predicted molar refractivity (Wildman–Crippen MR) is 79.2 cm³/mol. The number of phenols is 1. The van der Waals surface area contributed by atoms with Crippen LogP contribution >= 0.6 is 11.6 Å². The summed E-state index contributed by atoms with van der Waals surface area (Å²) in [6.07, 6.45) is 8.17. The molecule has 1 atom stereocenters. The molecule has 2 N–H and O–H groups in total. The Balaban J connectivity index is 2.00. The zero-order valence-corrected chi connectivity index (χ0v) is 12.1. The first-order valence-electron chi connectivity index (χ1n) is 7.51. The van der Waals surface area contributed by atoms with Crippen molar-refractivity contribution in [1.82, 2.24) is 5.32 Å². The number of benzene rings is 1. The molecule has 104 valence electrons. The van der Waals surface area contributed by atoms with Gasteiger partial charge in [-0.2, -0.15) is 0 Å². The molecule has 1 aromatic carbocycles. The van der Waals surface area contributed by atoms with Gasteiger partial charge in [-0.3, -0.25) is 0 Å². The lowest BCUT2D eigenvalue weighted by Gasteiger charge is -2.25. The molecule has 2 nitrogen and oxygen atoms in total. The molecule has 1 saturated heterocycles. The van der Waals surface area contributed by atoms with E-state index >= 15 is 0 Å². The average Bonchev–Trinajstić information content (AvgIpc) is 2.69. The van der Waals surface area contributed by atoms with Crippen molar-refractivity contribution in [3.63, 3.8) is 0 Å². The van der Waals surface area contributed by atoms with Crippen LogP contribution in [0.5, 0.6) is 5.75 Å². The number of fused-ring (bicyclic) bond motifs is 1. The third-order valence-electron chi connectivity index (χ3n) is 4.57. The van der Waals surface area contributed by atoms with Crippen molar-refractivity contribution in [3.05, 3.63) is 27.8 Å². The fourth-order valence-corrected chi connectivity index (χ4v) is 3.79. The van der Waals surface area contributed by atoms with Crippen LogP contribution in [0.15, 0.2) is 6.07 Å². The van der Waals surface area contributed by atoms with Crippen LogP contribution in [0, 0.1) is 0 Å². The molecule has 1 unspecified atom stereocenters. The van der Waals surface area contributed by atoms with Crippen molar-refractivity contribution >= 4 is 11.6 Å². The van der Waals surface area contributed by atoms with Gasteiger partial charge in [0.15, 0.2) is 0 Å². The number of piperidine rings is 1. The van der Waals surface area contributed by atoms with E-state index in [-0.39, 0.29) is 0 Å². The molecule has 1 aliphatic heterocycles. The normalized spacial score (nSPS) is 23.7. The molecule has 3 rings (SSSR count). The topological polar surface area (TPSA) is 32.3 Å². The third-order valence-corrected chi connectivity index (χ3v) is 4.98. The summed E-state index contributed by atoms with van der Waals surface area (Å²) in [6, 6.07) is 2.24. The fourth-order valence-electron chi connectivity index (χ4n) is 3.47. The monoisotopic (exact) mass is 279 g/mol. The van der Waals surface area contributed by atoms with E-state index in [2.05, 4.69) is 11.4 Å². The van der Waals surface area contributed by atoms with Crippen molar-refractivity contribution < 1.29 is 5.11 Å². The van der Waals surface area contributed by atoms with Crippen LogP contribution in [0.25, 0.3) is 0 Å². The number of nitrogens with one attached hydrogen (secondary N) is 1. The maximum atomic E-state index is 10.4. The van der Waals surface area contributed by atoms with Gasteiger partial charge < -0.3 is 10.4 Å². The van der Waals surface area contributed by atoms with Gasteiger partial charge in [-0.15, -0.1) is 0 Å². The minimum atomic E-state index is 0.344. The molecule has 1 aliphatic carbocycles. The molecule has 0 saturated carbocycles. The van der Waals surface area contributed by atoms with Gasteiger partial charge in [0.2, 0.25) is 0 Å². The van der Waals surface area contributed by atoms with Crippen LogP contribution in [0.3, 0.4) is 0 Å². The molecule has 1 aromatic rings. The van der Waals surface area contributed by atoms with Gasteiger partial charge in [-0.05, 0) is 56.2 Å². The lowest BCUT2D eigenvalue weighted by molar-refractivity contribution is 0.425. The largest absolute Gasteiger partial charge is 0.506 e. The summed E-state index contributed by atoms with van der Waals surface area (Å²) >= 11 is 6.44. The van der Waals surface area contributed by atoms with Crippen LogP contribution in [0.4, 0.5) is 0 Å². The van der Waals surface area contributed by atoms with E-state index in [9.17, 15) is 5.11 Å². The van der Waals surface area contributed by atoms with Gasteiger partial charge in [0.05, 0.1) is 5.02 Å². The van der Waals surface area contributed by atoms with Crippen molar-refractivity contribution in [2.75, 3.05) is 13.1 Å². The summed E-state index contributed by atoms with van der Waals surface area (Å²) in [6.45, 7) is 2.05. The van der Waals surface area contributed by atoms with Crippen LogP contribution in [-0.2, 0) is 12.8 Å². The van der Waals surface area contributed by atoms with Crippen LogP contribution < -0.4 is 5.32 Å². The van der Waals surface area contributed by atoms with Gasteiger partial charge in [0, 0.05) is 18.0 Å². The highest BCUT2D eigenvalue weighted by molar-refractivity contribution is 6.33. The third kappa shape index (κ3) is 2.61. The van der Waals surface area contributed by atoms with E-state index < -0.39 is 0 Å². The molecule has 0 spiro atoms. The Morgan fingerprint density at radius 2 is 2.00 bits per heavy atom. The second kappa shape index (κ2) is 5.72. The van der Waals surface area contributed by atoms with E-state index in [0.717, 1.165) is 37.9 Å². The van der Waals surface area contributed by atoms with Crippen LogP contribution in [0.2, 0.25) is 5.02 Å². The molecule has 19 heavy (non-hydrogen) atoms. The molecule has 2 aliphatic rings. The Morgan fingerprint density at radius 3 is 2.79 bits per heavy atom. The van der Waals surface area contributed by atoms with Gasteiger partial charge in [-0.1, -0.05) is 24.1 Å². The second-order valence-corrected chi connectivity index (χ2v) is 6.25. The molecule has 0 bridgehead atoms. The molecule has 1 heterocycles. The lowest BCUT2D eigenvalue weighted by Crippen LogP contribution is -2.28. The summed E-state index contributed by atoms with van der Waals surface area (Å²) in [5, 5.41) is 14.5. The summed E-state index contributed by atoms with van der Waals surface area (Å²) in [5.41, 5.74) is 3.64. The Kier molecular flexibility index (Phi) is 3.99. The smallest absolute Gasteiger partial charge is 0.137 e. The fraction of sp³-hybridized carbons (Fsp3) is 0.625. The number of aryl methyl sites for hydroxylation is 1. The van der Waals surface area contributed by atoms with Gasteiger partial charge in [0.25, 0.3) is 0 Å². The first kappa shape index (κ1) is 13.3.